The number of rotatable bonds is 6. The van der Waals surface area contributed by atoms with Crippen molar-refractivity contribution in [3.63, 3.8) is 0 Å². The fourth-order valence-corrected chi connectivity index (χ4v) is 4.05. The normalized spacial score (nSPS) is 12.1. The number of nitrogens with zero attached hydrogens (tertiary/aromatic N) is 4. The molecule has 1 unspecified atom stereocenters. The number of carbonyl (C=O) groups is 1. The number of carbonyl (C=O) groups excluding carboxylic acids is 1. The third-order valence-corrected chi connectivity index (χ3v) is 5.75. The fraction of sp³-hybridized carbons (Fsp3) is 0.300. The molecule has 28 heavy (non-hydrogen) atoms. The standard InChI is InChI=1S/C20H23N5O2S/c1-12-10-17(15(4)24(12)14(3)16-8-6-5-7-9-16)18(26)11-28-20-23-22-13(2)19(27)25(20)21/h5-10,14H,11,21H2,1-4H3. The van der Waals surface area contributed by atoms with Gasteiger partial charge in [0.25, 0.3) is 5.56 Å². The van der Waals surface area contributed by atoms with Crippen molar-refractivity contribution in [2.75, 3.05) is 11.6 Å². The van der Waals surface area contributed by atoms with E-state index in [1.165, 1.54) is 5.56 Å². The number of benzene rings is 1. The number of nitrogens with two attached hydrogens (primary N) is 1. The molecule has 0 bridgehead atoms. The van der Waals surface area contributed by atoms with Crippen molar-refractivity contribution >= 4 is 17.5 Å². The smallest absolute Gasteiger partial charge is 0.294 e. The van der Waals surface area contributed by atoms with Crippen molar-refractivity contribution in [2.45, 2.75) is 38.9 Å². The van der Waals surface area contributed by atoms with Crippen LogP contribution in [-0.4, -0.2) is 31.0 Å². The number of hydrogen-bond donors (Lipinski definition) is 1. The van der Waals surface area contributed by atoms with E-state index in [4.69, 9.17) is 5.84 Å². The molecule has 0 saturated heterocycles. The topological polar surface area (TPSA) is 95.8 Å². The molecular weight excluding hydrogens is 374 g/mol. The Morgan fingerprint density at radius 1 is 1.18 bits per heavy atom. The average Bonchev–Trinajstić information content (AvgIpc) is 2.99. The van der Waals surface area contributed by atoms with Crippen LogP contribution >= 0.6 is 11.8 Å². The molecule has 7 nitrogen and oxygen atoms in total. The maximum Gasteiger partial charge on any atom is 0.294 e. The van der Waals surface area contributed by atoms with Gasteiger partial charge in [0.15, 0.2) is 5.78 Å². The Hall–Kier alpha value is -2.87. The van der Waals surface area contributed by atoms with Crippen LogP contribution in [0, 0.1) is 20.8 Å². The number of nitrogen functional groups attached to an aromatic ring is 1. The lowest BCUT2D eigenvalue weighted by Gasteiger charge is -2.19. The van der Waals surface area contributed by atoms with Gasteiger partial charge < -0.3 is 10.4 Å². The number of hydrogen-bond acceptors (Lipinski definition) is 6. The number of aromatic nitrogens is 4. The Bertz CT molecular complexity index is 1070. The van der Waals surface area contributed by atoms with Crippen molar-refractivity contribution in [2.24, 2.45) is 0 Å². The fourth-order valence-electron chi connectivity index (χ4n) is 3.31. The first kappa shape index (κ1) is 19.9. The largest absolute Gasteiger partial charge is 0.341 e. The van der Waals surface area contributed by atoms with E-state index in [-0.39, 0.29) is 28.4 Å². The molecule has 3 aromatic rings. The number of thioether (sulfide) groups is 1. The molecule has 0 saturated carbocycles. The maximum absolute atomic E-state index is 12.8. The molecule has 0 amide bonds. The third kappa shape index (κ3) is 3.73. The van der Waals surface area contributed by atoms with E-state index in [0.717, 1.165) is 27.8 Å². The predicted octanol–water partition coefficient (Wildman–Crippen LogP) is 2.66. The zero-order valence-electron chi connectivity index (χ0n) is 16.3. The summed E-state index contributed by atoms with van der Waals surface area (Å²) in [5, 5.41) is 7.91. The van der Waals surface area contributed by atoms with E-state index in [2.05, 4.69) is 33.8 Å². The van der Waals surface area contributed by atoms with E-state index in [1.54, 1.807) is 6.92 Å². The van der Waals surface area contributed by atoms with E-state index in [0.29, 0.717) is 5.56 Å². The third-order valence-electron chi connectivity index (χ3n) is 4.81. The van der Waals surface area contributed by atoms with Gasteiger partial charge in [0.1, 0.15) is 5.69 Å². The van der Waals surface area contributed by atoms with Crippen LogP contribution < -0.4 is 11.4 Å². The first-order valence-corrected chi connectivity index (χ1v) is 9.90. The van der Waals surface area contributed by atoms with Crippen LogP contribution in [0.15, 0.2) is 46.3 Å². The van der Waals surface area contributed by atoms with Gasteiger partial charge in [-0.15, -0.1) is 10.2 Å². The lowest BCUT2D eigenvalue weighted by atomic mass is 10.1. The van der Waals surface area contributed by atoms with Crippen molar-refractivity contribution < 1.29 is 4.79 Å². The zero-order chi connectivity index (χ0) is 20.4. The zero-order valence-corrected chi connectivity index (χ0v) is 17.2. The molecule has 0 radical (unpaired) electrons. The summed E-state index contributed by atoms with van der Waals surface area (Å²) in [5.41, 5.74) is 3.59. The maximum atomic E-state index is 12.8. The highest BCUT2D eigenvalue weighted by Crippen LogP contribution is 2.26. The highest BCUT2D eigenvalue weighted by molar-refractivity contribution is 7.99. The monoisotopic (exact) mass is 397 g/mol. The van der Waals surface area contributed by atoms with E-state index in [1.807, 2.05) is 38.1 Å². The minimum Gasteiger partial charge on any atom is -0.341 e. The molecule has 3 rings (SSSR count). The highest BCUT2D eigenvalue weighted by atomic mass is 32.2. The Morgan fingerprint density at radius 3 is 2.54 bits per heavy atom. The molecule has 0 spiro atoms. The summed E-state index contributed by atoms with van der Waals surface area (Å²) in [7, 11) is 0. The SMILES string of the molecule is Cc1nnc(SCC(=O)c2cc(C)n(C(C)c3ccccc3)c2C)n(N)c1=O. The van der Waals surface area contributed by atoms with Gasteiger partial charge in [-0.25, -0.2) is 0 Å². The van der Waals surface area contributed by atoms with Gasteiger partial charge in [-0.1, -0.05) is 42.1 Å². The Balaban J connectivity index is 1.82. The van der Waals surface area contributed by atoms with E-state index < -0.39 is 5.56 Å². The van der Waals surface area contributed by atoms with Crippen molar-refractivity contribution in [3.8, 4) is 0 Å². The minimum atomic E-state index is -0.417. The van der Waals surface area contributed by atoms with Gasteiger partial charge in [-0.2, -0.15) is 4.68 Å². The van der Waals surface area contributed by atoms with Gasteiger partial charge >= 0.3 is 0 Å². The molecule has 1 aromatic carbocycles. The summed E-state index contributed by atoms with van der Waals surface area (Å²) in [6, 6.07) is 12.2. The molecular formula is C20H23N5O2S. The summed E-state index contributed by atoms with van der Waals surface area (Å²) in [4.78, 5) is 24.7. The molecule has 2 aromatic heterocycles. The van der Waals surface area contributed by atoms with E-state index >= 15 is 0 Å². The molecule has 146 valence electrons. The molecule has 8 heteroatoms. The Morgan fingerprint density at radius 2 is 1.86 bits per heavy atom. The predicted molar refractivity (Wildman–Crippen MR) is 110 cm³/mol. The van der Waals surface area contributed by atoms with Crippen molar-refractivity contribution in [1.29, 1.82) is 0 Å². The van der Waals surface area contributed by atoms with Crippen LogP contribution in [0.1, 0.15) is 46.0 Å². The second kappa shape index (κ2) is 8.02. The van der Waals surface area contributed by atoms with Crippen LogP contribution in [-0.2, 0) is 0 Å². The number of aryl methyl sites for hydroxylation is 2. The highest BCUT2D eigenvalue weighted by Gasteiger charge is 2.20. The summed E-state index contributed by atoms with van der Waals surface area (Å²) in [5.74, 6) is 5.82. The van der Waals surface area contributed by atoms with Crippen LogP contribution in [0.5, 0.6) is 0 Å². The summed E-state index contributed by atoms with van der Waals surface area (Å²) in [6.07, 6.45) is 0. The molecule has 2 N–H and O–H groups in total. The first-order chi connectivity index (χ1) is 13.3. The number of ketones is 1. The summed E-state index contributed by atoms with van der Waals surface area (Å²) >= 11 is 1.11. The Kier molecular flexibility index (Phi) is 5.69. The molecule has 0 aliphatic heterocycles. The molecule has 0 fully saturated rings. The molecule has 1 atom stereocenters. The first-order valence-electron chi connectivity index (χ1n) is 8.92. The van der Waals surface area contributed by atoms with Gasteiger partial charge in [0, 0.05) is 17.0 Å². The van der Waals surface area contributed by atoms with Gasteiger partial charge in [-0.3, -0.25) is 9.59 Å². The van der Waals surface area contributed by atoms with Gasteiger partial charge in [-0.05, 0) is 39.3 Å². The van der Waals surface area contributed by atoms with Gasteiger partial charge in [0.05, 0.1) is 11.8 Å². The van der Waals surface area contributed by atoms with E-state index in [9.17, 15) is 9.59 Å². The van der Waals surface area contributed by atoms with Crippen LogP contribution in [0.25, 0.3) is 0 Å². The second-order valence-corrected chi connectivity index (χ2v) is 7.64. The van der Waals surface area contributed by atoms with Crippen LogP contribution in [0.4, 0.5) is 0 Å². The van der Waals surface area contributed by atoms with Crippen molar-refractivity contribution in [1.82, 2.24) is 19.4 Å². The van der Waals surface area contributed by atoms with Crippen molar-refractivity contribution in [3.05, 3.63) is 75.0 Å². The van der Waals surface area contributed by atoms with Crippen LogP contribution in [0.2, 0.25) is 0 Å². The molecule has 0 aliphatic carbocycles. The molecule has 2 heterocycles. The van der Waals surface area contributed by atoms with Gasteiger partial charge in [0.2, 0.25) is 5.16 Å². The average molecular weight is 398 g/mol. The van der Waals surface area contributed by atoms with Crippen LogP contribution in [0.3, 0.4) is 0 Å². The lowest BCUT2D eigenvalue weighted by molar-refractivity contribution is 0.102. The lowest BCUT2D eigenvalue weighted by Crippen LogP contribution is -2.32. The molecule has 0 aliphatic rings. The quantitative estimate of drug-likeness (QED) is 0.390. The minimum absolute atomic E-state index is 0.0422. The number of Topliss-reactive ketones (excluding diaryl/α,β-unsaturated/α-hetero) is 1. The summed E-state index contributed by atoms with van der Waals surface area (Å²) in [6.45, 7) is 7.61. The summed E-state index contributed by atoms with van der Waals surface area (Å²) < 4.78 is 3.10. The second-order valence-electron chi connectivity index (χ2n) is 6.70. The Labute approximate surface area is 167 Å².